The van der Waals surface area contributed by atoms with Gasteiger partial charge in [0.05, 0.1) is 11.5 Å². The molecule has 2 atom stereocenters. The second-order valence-electron chi connectivity index (χ2n) is 4.33. The summed E-state index contributed by atoms with van der Waals surface area (Å²) in [6, 6.07) is 0. The van der Waals surface area contributed by atoms with E-state index in [0.29, 0.717) is 12.0 Å². The average Bonchev–Trinajstić information content (AvgIpc) is 2.27. The van der Waals surface area contributed by atoms with Gasteiger partial charge in [0.25, 0.3) is 0 Å². The predicted octanol–water partition coefficient (Wildman–Crippen LogP) is 1.83. The summed E-state index contributed by atoms with van der Waals surface area (Å²) in [6.07, 6.45) is 6.49. The Balaban J connectivity index is 2.46. The van der Waals surface area contributed by atoms with Gasteiger partial charge in [-0.25, -0.2) is 4.79 Å². The van der Waals surface area contributed by atoms with Crippen molar-refractivity contribution in [2.75, 3.05) is 0 Å². The molecule has 2 N–H and O–H groups in total. The summed E-state index contributed by atoms with van der Waals surface area (Å²) < 4.78 is 0. The van der Waals surface area contributed by atoms with Crippen LogP contribution < -0.4 is 0 Å². The van der Waals surface area contributed by atoms with Crippen LogP contribution in [-0.2, 0) is 9.59 Å². The molecule has 0 aromatic heterocycles. The lowest BCUT2D eigenvalue weighted by Gasteiger charge is -2.32. The Labute approximate surface area is 93.3 Å². The molecule has 2 unspecified atom stereocenters. The van der Waals surface area contributed by atoms with Crippen molar-refractivity contribution in [1.29, 1.82) is 0 Å². The number of allylic oxidation sites excluding steroid dienone is 1. The second kappa shape index (κ2) is 4.12. The van der Waals surface area contributed by atoms with Crippen LogP contribution in [-0.4, -0.2) is 22.2 Å². The Bertz CT molecular complexity index is 392. The number of aliphatic carboxylic acids is 2. The van der Waals surface area contributed by atoms with Crippen LogP contribution in [0.1, 0.15) is 25.7 Å². The molecule has 2 aliphatic rings. The minimum absolute atomic E-state index is 0.117. The van der Waals surface area contributed by atoms with Gasteiger partial charge in [0.1, 0.15) is 0 Å². The molecular formula is C12H14O4. The highest BCUT2D eigenvalue weighted by Crippen LogP contribution is 2.41. The zero-order chi connectivity index (χ0) is 11.7. The quantitative estimate of drug-likeness (QED) is 0.747. The van der Waals surface area contributed by atoms with E-state index in [0.717, 1.165) is 19.3 Å². The molecule has 0 aromatic carbocycles. The van der Waals surface area contributed by atoms with Gasteiger partial charge in [0.15, 0.2) is 0 Å². The second-order valence-corrected chi connectivity index (χ2v) is 4.33. The lowest BCUT2D eigenvalue weighted by molar-refractivity contribution is -0.141. The van der Waals surface area contributed by atoms with Gasteiger partial charge in [-0.15, -0.1) is 0 Å². The van der Waals surface area contributed by atoms with E-state index >= 15 is 0 Å². The van der Waals surface area contributed by atoms with E-state index in [1.165, 1.54) is 0 Å². The van der Waals surface area contributed by atoms with Crippen molar-refractivity contribution in [1.82, 2.24) is 0 Å². The molecule has 4 nitrogen and oxygen atoms in total. The summed E-state index contributed by atoms with van der Waals surface area (Å²) in [5.41, 5.74) is 0.831. The van der Waals surface area contributed by atoms with Gasteiger partial charge in [-0.05, 0) is 30.8 Å². The van der Waals surface area contributed by atoms with Crippen molar-refractivity contribution in [2.24, 2.45) is 11.8 Å². The van der Waals surface area contributed by atoms with Crippen LogP contribution in [0.2, 0.25) is 0 Å². The number of carbonyl (C=O) groups is 2. The molecular weight excluding hydrogens is 208 g/mol. The molecule has 86 valence electrons. The third kappa shape index (κ3) is 1.75. The Morgan fingerprint density at radius 3 is 2.62 bits per heavy atom. The van der Waals surface area contributed by atoms with E-state index in [2.05, 4.69) is 0 Å². The average molecular weight is 222 g/mol. The van der Waals surface area contributed by atoms with E-state index in [-0.39, 0.29) is 11.5 Å². The minimum Gasteiger partial charge on any atom is -0.481 e. The van der Waals surface area contributed by atoms with Crippen molar-refractivity contribution in [3.8, 4) is 0 Å². The SMILES string of the molecule is O=C(O)C1=C2C(CC=C1)CCCC2C(=O)O. The first-order valence-corrected chi connectivity index (χ1v) is 5.48. The number of carboxylic acid groups (broad SMARTS) is 2. The normalized spacial score (nSPS) is 28.8. The highest BCUT2D eigenvalue weighted by atomic mass is 16.4. The van der Waals surface area contributed by atoms with Gasteiger partial charge < -0.3 is 10.2 Å². The van der Waals surface area contributed by atoms with E-state index in [1.54, 1.807) is 6.08 Å². The fraction of sp³-hybridized carbons (Fsp3) is 0.500. The fourth-order valence-corrected chi connectivity index (χ4v) is 2.71. The highest BCUT2D eigenvalue weighted by molar-refractivity contribution is 5.93. The number of carboxylic acids is 2. The number of hydrogen-bond donors (Lipinski definition) is 2. The lowest BCUT2D eigenvalue weighted by Crippen LogP contribution is -2.29. The topological polar surface area (TPSA) is 74.6 Å². The van der Waals surface area contributed by atoms with E-state index < -0.39 is 17.9 Å². The molecule has 0 spiro atoms. The van der Waals surface area contributed by atoms with Gasteiger partial charge in [-0.1, -0.05) is 18.6 Å². The highest BCUT2D eigenvalue weighted by Gasteiger charge is 2.36. The van der Waals surface area contributed by atoms with Crippen LogP contribution in [0.3, 0.4) is 0 Å². The molecule has 4 heteroatoms. The van der Waals surface area contributed by atoms with E-state index in [4.69, 9.17) is 10.2 Å². The minimum atomic E-state index is -1.01. The van der Waals surface area contributed by atoms with Crippen LogP contribution in [0, 0.1) is 11.8 Å². The smallest absolute Gasteiger partial charge is 0.335 e. The molecule has 1 fully saturated rings. The van der Waals surface area contributed by atoms with E-state index in [9.17, 15) is 9.59 Å². The Morgan fingerprint density at radius 2 is 2.00 bits per heavy atom. The summed E-state index contributed by atoms with van der Waals surface area (Å²) in [7, 11) is 0. The van der Waals surface area contributed by atoms with Gasteiger partial charge in [-0.2, -0.15) is 0 Å². The largest absolute Gasteiger partial charge is 0.481 e. The maximum Gasteiger partial charge on any atom is 0.335 e. The van der Waals surface area contributed by atoms with Crippen LogP contribution >= 0.6 is 0 Å². The van der Waals surface area contributed by atoms with Crippen molar-refractivity contribution < 1.29 is 19.8 Å². The summed E-state index contributed by atoms with van der Waals surface area (Å²) >= 11 is 0. The summed E-state index contributed by atoms with van der Waals surface area (Å²) in [6.45, 7) is 0. The third-order valence-electron chi connectivity index (χ3n) is 3.41. The van der Waals surface area contributed by atoms with Gasteiger partial charge in [-0.3, -0.25) is 4.79 Å². The molecule has 2 rings (SSSR count). The third-order valence-corrected chi connectivity index (χ3v) is 3.41. The van der Waals surface area contributed by atoms with Gasteiger partial charge >= 0.3 is 11.9 Å². The summed E-state index contributed by atoms with van der Waals surface area (Å²) in [5.74, 6) is -2.39. The molecule has 0 bridgehead atoms. The summed E-state index contributed by atoms with van der Waals surface area (Å²) in [5, 5.41) is 18.2. The molecule has 0 radical (unpaired) electrons. The van der Waals surface area contributed by atoms with Crippen LogP contribution in [0.15, 0.2) is 23.3 Å². The number of fused-ring (bicyclic) bond motifs is 1. The first-order chi connectivity index (χ1) is 7.61. The monoisotopic (exact) mass is 222 g/mol. The van der Waals surface area contributed by atoms with Crippen molar-refractivity contribution in [3.63, 3.8) is 0 Å². The summed E-state index contributed by atoms with van der Waals surface area (Å²) in [4.78, 5) is 22.2. The maximum atomic E-state index is 11.1. The van der Waals surface area contributed by atoms with Gasteiger partial charge in [0, 0.05) is 0 Å². The van der Waals surface area contributed by atoms with E-state index in [1.807, 2.05) is 6.08 Å². The van der Waals surface area contributed by atoms with Crippen LogP contribution in [0.25, 0.3) is 0 Å². The molecule has 16 heavy (non-hydrogen) atoms. The van der Waals surface area contributed by atoms with Crippen LogP contribution in [0.5, 0.6) is 0 Å². The standard InChI is InChI=1S/C12H14O4/c13-11(14)8-5-1-3-7-4-2-6-9(10(7)8)12(15)16/h1,5,7,9H,2-4,6H2,(H,13,14)(H,15,16). The van der Waals surface area contributed by atoms with Crippen molar-refractivity contribution in [2.45, 2.75) is 25.7 Å². The molecule has 0 heterocycles. The molecule has 0 aliphatic heterocycles. The maximum absolute atomic E-state index is 11.1. The van der Waals surface area contributed by atoms with Crippen molar-refractivity contribution in [3.05, 3.63) is 23.3 Å². The molecule has 0 aromatic rings. The number of rotatable bonds is 2. The molecule has 2 aliphatic carbocycles. The fourth-order valence-electron chi connectivity index (χ4n) is 2.71. The zero-order valence-electron chi connectivity index (χ0n) is 8.85. The van der Waals surface area contributed by atoms with Crippen LogP contribution in [0.4, 0.5) is 0 Å². The Hall–Kier alpha value is -1.58. The van der Waals surface area contributed by atoms with Crippen molar-refractivity contribution >= 4 is 11.9 Å². The Kier molecular flexibility index (Phi) is 2.81. The molecule has 1 saturated carbocycles. The zero-order valence-corrected chi connectivity index (χ0v) is 8.85. The number of hydrogen-bond acceptors (Lipinski definition) is 2. The molecule has 0 amide bonds. The predicted molar refractivity (Wildman–Crippen MR) is 56.9 cm³/mol. The lowest BCUT2D eigenvalue weighted by atomic mass is 9.71. The molecule has 0 saturated heterocycles. The van der Waals surface area contributed by atoms with Gasteiger partial charge in [0.2, 0.25) is 0 Å². The first kappa shape index (κ1) is 10.9. The first-order valence-electron chi connectivity index (χ1n) is 5.48. The Morgan fingerprint density at radius 1 is 1.25 bits per heavy atom.